The summed E-state index contributed by atoms with van der Waals surface area (Å²) in [5, 5.41) is 7.53. The van der Waals surface area contributed by atoms with Crippen LogP contribution in [0.15, 0.2) is 41.9 Å². The molecule has 2 aromatic heterocycles. The number of rotatable bonds is 10. The fourth-order valence-corrected chi connectivity index (χ4v) is 6.66. The molecule has 46 heavy (non-hydrogen) atoms. The molecule has 2 aliphatic heterocycles. The molecule has 1 atom stereocenters. The topological polar surface area (TPSA) is 127 Å². The highest BCUT2D eigenvalue weighted by Gasteiger charge is 2.42. The summed E-state index contributed by atoms with van der Waals surface area (Å²) in [7, 11) is 0. The second kappa shape index (κ2) is 14.1. The maximum atomic E-state index is 13.1. The van der Waals surface area contributed by atoms with E-state index in [1.807, 2.05) is 36.4 Å². The zero-order chi connectivity index (χ0) is 32.2. The fourth-order valence-electron chi connectivity index (χ4n) is 6.66. The number of carbonyl (C=O) groups is 2. The summed E-state index contributed by atoms with van der Waals surface area (Å²) in [5.41, 5.74) is 3.25. The Morgan fingerprint density at radius 2 is 1.93 bits per heavy atom. The second-order valence-corrected chi connectivity index (χ2v) is 12.8. The molecule has 2 aliphatic carbocycles. The number of ether oxygens (including phenoxy) is 2. The Morgan fingerprint density at radius 1 is 1.17 bits per heavy atom. The average Bonchev–Trinajstić information content (AvgIpc) is 3.70. The van der Waals surface area contributed by atoms with E-state index in [9.17, 15) is 9.59 Å². The highest BCUT2D eigenvalue weighted by molar-refractivity contribution is 5.95. The fraction of sp³-hybridized carbons (Fsp3) is 0.529. The third kappa shape index (κ3) is 7.28. The summed E-state index contributed by atoms with van der Waals surface area (Å²) in [6.45, 7) is 12.7. The molecule has 1 unspecified atom stereocenters. The van der Waals surface area contributed by atoms with Gasteiger partial charge in [-0.25, -0.2) is 14.6 Å². The van der Waals surface area contributed by atoms with E-state index in [1.165, 1.54) is 19.1 Å². The van der Waals surface area contributed by atoms with Gasteiger partial charge in [0.1, 0.15) is 12.9 Å². The van der Waals surface area contributed by atoms with Gasteiger partial charge in [-0.1, -0.05) is 19.4 Å². The standard InChI is InChI=1S/C34H44N8O4/c1-5-42-29(12-22(2)26-16-36-32(37-17-26)21-46-30-8-6-7-9-30)15-31(39-42)38-33(43)25-13-28(14-25)41-11-10-40(19-23(41)3)34(44)27-18-35-24(4)45-20-27/h5,12,15-17,20,23,25,28,30H,1,6-11,13-14,18-19,21H2,2-4H3,(H,38,39,43)/b22-12+. The van der Waals surface area contributed by atoms with E-state index in [1.54, 1.807) is 17.8 Å². The Hall–Kier alpha value is -4.16. The third-order valence-corrected chi connectivity index (χ3v) is 9.50. The summed E-state index contributed by atoms with van der Waals surface area (Å²) in [4.78, 5) is 43.6. The van der Waals surface area contributed by atoms with Crippen molar-refractivity contribution in [3.05, 3.63) is 54.0 Å². The number of amides is 2. The van der Waals surface area contributed by atoms with Crippen LogP contribution in [-0.2, 0) is 25.7 Å². The molecule has 4 heterocycles. The molecule has 12 heteroatoms. The summed E-state index contributed by atoms with van der Waals surface area (Å²) in [5.74, 6) is 1.64. The van der Waals surface area contributed by atoms with E-state index >= 15 is 0 Å². The Bertz CT molecular complexity index is 1530. The molecule has 1 N–H and O–H groups in total. The first-order valence-corrected chi connectivity index (χ1v) is 16.3. The average molecular weight is 629 g/mol. The van der Waals surface area contributed by atoms with E-state index in [4.69, 9.17) is 9.47 Å². The molecule has 1 saturated heterocycles. The van der Waals surface area contributed by atoms with Gasteiger partial charge in [0.05, 0.1) is 23.9 Å². The number of aromatic nitrogens is 4. The minimum atomic E-state index is -0.0783. The number of aliphatic imine (C=N–C) groups is 1. The number of carbonyl (C=O) groups excluding carboxylic acids is 2. The van der Waals surface area contributed by atoms with Crippen molar-refractivity contribution in [3.8, 4) is 0 Å². The van der Waals surface area contributed by atoms with Crippen LogP contribution in [0.5, 0.6) is 0 Å². The molecule has 2 amide bonds. The minimum Gasteiger partial charge on any atom is -0.451 e. The number of nitrogens with zero attached hydrogens (tertiary/aromatic N) is 7. The molecule has 0 aromatic carbocycles. The summed E-state index contributed by atoms with van der Waals surface area (Å²) < 4.78 is 12.9. The molecule has 4 aliphatic rings. The van der Waals surface area contributed by atoms with Crippen LogP contribution < -0.4 is 5.32 Å². The van der Waals surface area contributed by atoms with Crippen molar-refractivity contribution in [2.45, 2.75) is 84.1 Å². The van der Waals surface area contributed by atoms with Crippen molar-refractivity contribution in [3.63, 3.8) is 0 Å². The lowest BCUT2D eigenvalue weighted by atomic mass is 9.78. The Balaban J connectivity index is 0.985. The van der Waals surface area contributed by atoms with Gasteiger partial charge in [-0.2, -0.15) is 5.10 Å². The molecular formula is C34H44N8O4. The lowest BCUT2D eigenvalue weighted by Gasteiger charge is -2.49. The molecule has 244 valence electrons. The number of piperazine rings is 1. The third-order valence-electron chi connectivity index (χ3n) is 9.50. The number of hydrogen-bond acceptors (Lipinski definition) is 9. The van der Waals surface area contributed by atoms with Gasteiger partial charge in [0.15, 0.2) is 17.5 Å². The Labute approximate surface area is 270 Å². The van der Waals surface area contributed by atoms with E-state index in [-0.39, 0.29) is 23.8 Å². The number of nitrogens with one attached hydrogen (secondary N) is 1. The molecule has 0 spiro atoms. The number of allylic oxidation sites excluding steroid dienone is 1. The molecule has 12 nitrogen and oxygen atoms in total. The van der Waals surface area contributed by atoms with Crippen molar-refractivity contribution in [2.75, 3.05) is 31.5 Å². The van der Waals surface area contributed by atoms with Gasteiger partial charge < -0.3 is 19.7 Å². The van der Waals surface area contributed by atoms with Crippen LogP contribution in [0.3, 0.4) is 0 Å². The lowest BCUT2D eigenvalue weighted by molar-refractivity contribution is -0.132. The Morgan fingerprint density at radius 3 is 2.61 bits per heavy atom. The Kier molecular flexibility index (Phi) is 9.74. The van der Waals surface area contributed by atoms with Crippen LogP contribution in [0.2, 0.25) is 0 Å². The minimum absolute atomic E-state index is 0.0110. The summed E-state index contributed by atoms with van der Waals surface area (Å²) in [6, 6.07) is 2.37. The maximum Gasteiger partial charge on any atom is 0.254 e. The van der Waals surface area contributed by atoms with Crippen LogP contribution in [-0.4, -0.2) is 91.6 Å². The van der Waals surface area contributed by atoms with Crippen molar-refractivity contribution < 1.29 is 19.1 Å². The molecule has 0 radical (unpaired) electrons. The lowest BCUT2D eigenvalue weighted by Crippen LogP contribution is -2.60. The molecule has 3 fully saturated rings. The van der Waals surface area contributed by atoms with E-state index in [2.05, 4.69) is 43.8 Å². The first-order chi connectivity index (χ1) is 22.3. The molecule has 2 saturated carbocycles. The summed E-state index contributed by atoms with van der Waals surface area (Å²) in [6.07, 6.45) is 15.4. The van der Waals surface area contributed by atoms with Crippen LogP contribution in [0.1, 0.15) is 76.4 Å². The SMILES string of the molecule is C=Cn1nc(NC(=O)C2CC(N3CCN(C(=O)C4=COC(C)=NC4)CC3C)C2)cc1/C=C(\C)c1cnc(COC2CCCC2)nc1. The number of anilines is 1. The van der Waals surface area contributed by atoms with Crippen LogP contribution in [0.4, 0.5) is 5.82 Å². The van der Waals surface area contributed by atoms with E-state index < -0.39 is 0 Å². The van der Waals surface area contributed by atoms with Gasteiger partial charge in [-0.3, -0.25) is 19.5 Å². The second-order valence-electron chi connectivity index (χ2n) is 12.8. The first-order valence-electron chi connectivity index (χ1n) is 16.3. The van der Waals surface area contributed by atoms with Gasteiger partial charge >= 0.3 is 0 Å². The van der Waals surface area contributed by atoms with Crippen molar-refractivity contribution in [1.29, 1.82) is 0 Å². The van der Waals surface area contributed by atoms with E-state index in [0.717, 1.165) is 49.1 Å². The van der Waals surface area contributed by atoms with Crippen molar-refractivity contribution >= 4 is 41.4 Å². The quantitative estimate of drug-likeness (QED) is 0.411. The maximum absolute atomic E-state index is 13.1. The number of hydrogen-bond donors (Lipinski definition) is 1. The van der Waals surface area contributed by atoms with Crippen LogP contribution in [0, 0.1) is 5.92 Å². The molecule has 6 rings (SSSR count). The van der Waals surface area contributed by atoms with Crippen LogP contribution >= 0.6 is 0 Å². The molecule has 2 aromatic rings. The predicted octanol–water partition coefficient (Wildman–Crippen LogP) is 4.38. The highest BCUT2D eigenvalue weighted by atomic mass is 16.5. The largest absolute Gasteiger partial charge is 0.451 e. The first kappa shape index (κ1) is 31.8. The predicted molar refractivity (Wildman–Crippen MR) is 176 cm³/mol. The van der Waals surface area contributed by atoms with Gasteiger partial charge in [0, 0.05) is 74.8 Å². The monoisotopic (exact) mass is 628 g/mol. The smallest absolute Gasteiger partial charge is 0.254 e. The molecule has 0 bridgehead atoms. The van der Waals surface area contributed by atoms with Crippen molar-refractivity contribution in [1.82, 2.24) is 29.5 Å². The highest BCUT2D eigenvalue weighted by Crippen LogP contribution is 2.35. The van der Waals surface area contributed by atoms with Gasteiger partial charge in [0.25, 0.3) is 5.91 Å². The molecular weight excluding hydrogens is 584 g/mol. The van der Waals surface area contributed by atoms with Gasteiger partial charge in [0.2, 0.25) is 5.91 Å². The zero-order valence-corrected chi connectivity index (χ0v) is 27.0. The summed E-state index contributed by atoms with van der Waals surface area (Å²) >= 11 is 0. The van der Waals surface area contributed by atoms with E-state index in [0.29, 0.717) is 61.5 Å². The van der Waals surface area contributed by atoms with Gasteiger partial charge in [-0.15, -0.1) is 0 Å². The van der Waals surface area contributed by atoms with Crippen LogP contribution in [0.25, 0.3) is 17.8 Å². The van der Waals surface area contributed by atoms with Crippen molar-refractivity contribution in [2.24, 2.45) is 10.9 Å². The van der Waals surface area contributed by atoms with Gasteiger partial charge in [-0.05, 0) is 51.2 Å². The zero-order valence-electron chi connectivity index (χ0n) is 27.0. The normalized spacial score (nSPS) is 24.1.